The second-order valence-electron chi connectivity index (χ2n) is 10.8. The zero-order chi connectivity index (χ0) is 32.0. The van der Waals surface area contributed by atoms with Crippen molar-refractivity contribution in [3.63, 3.8) is 0 Å². The van der Waals surface area contributed by atoms with Crippen molar-refractivity contribution in [3.8, 4) is 45.7 Å². The van der Waals surface area contributed by atoms with Crippen LogP contribution in [0.1, 0.15) is 48.9 Å². The first-order chi connectivity index (χ1) is 21.0. The van der Waals surface area contributed by atoms with E-state index in [-0.39, 0.29) is 36.1 Å². The lowest BCUT2D eigenvalue weighted by Crippen LogP contribution is -2.40. The highest BCUT2D eigenvalue weighted by molar-refractivity contribution is 5.94. The van der Waals surface area contributed by atoms with Crippen LogP contribution in [0.4, 0.5) is 0 Å². The summed E-state index contributed by atoms with van der Waals surface area (Å²) in [5, 5.41) is 12.1. The molecule has 1 atom stereocenters. The number of nitrogens with zero attached hydrogens (tertiary/aromatic N) is 4. The number of ether oxygens (including phenoxy) is 1. The summed E-state index contributed by atoms with van der Waals surface area (Å²) in [6, 6.07) is 16.0. The van der Waals surface area contributed by atoms with Gasteiger partial charge in [-0.25, -0.2) is 15.0 Å². The third kappa shape index (κ3) is 7.63. The summed E-state index contributed by atoms with van der Waals surface area (Å²) in [4.78, 5) is 54.9. The molecule has 0 spiro atoms. The molecule has 0 saturated carbocycles. The van der Waals surface area contributed by atoms with E-state index in [4.69, 9.17) is 24.5 Å². The van der Waals surface area contributed by atoms with E-state index in [2.05, 4.69) is 12.1 Å². The van der Waals surface area contributed by atoms with Crippen molar-refractivity contribution in [1.29, 1.82) is 0 Å². The number of phenolic OH excluding ortho intramolecular Hbond substituents is 1. The molecule has 0 fully saturated rings. The van der Waals surface area contributed by atoms with E-state index in [0.717, 1.165) is 38.4 Å². The maximum atomic E-state index is 11.9. The molecular weight excluding hydrogens is 560 g/mol. The van der Waals surface area contributed by atoms with Gasteiger partial charge in [-0.05, 0) is 64.3 Å². The third-order valence-corrected chi connectivity index (χ3v) is 7.07. The predicted molar refractivity (Wildman–Crippen MR) is 166 cm³/mol. The molecule has 10 nitrogen and oxygen atoms in total. The lowest BCUT2D eigenvalue weighted by molar-refractivity contribution is -0.163. The number of aromatic hydroxyl groups is 1. The molecule has 228 valence electrons. The van der Waals surface area contributed by atoms with Crippen LogP contribution in [0.2, 0.25) is 0 Å². The van der Waals surface area contributed by atoms with E-state index in [1.165, 1.54) is 13.0 Å². The first-order valence-electron chi connectivity index (χ1n) is 14.3. The number of amides is 1. The Morgan fingerprint density at radius 1 is 0.841 bits per heavy atom. The summed E-state index contributed by atoms with van der Waals surface area (Å²) >= 11 is 0. The number of ketones is 1. The fraction of sp³-hybridized carbons (Fsp3) is 0.294. The molecular formula is C34H36N4O6. The van der Waals surface area contributed by atoms with E-state index in [1.807, 2.05) is 52.0 Å². The van der Waals surface area contributed by atoms with E-state index in [1.54, 1.807) is 19.1 Å². The quantitative estimate of drug-likeness (QED) is 0.0923. The van der Waals surface area contributed by atoms with Crippen LogP contribution in [-0.2, 0) is 19.1 Å². The molecule has 0 saturated heterocycles. The molecule has 4 aromatic rings. The van der Waals surface area contributed by atoms with Gasteiger partial charge in [0.2, 0.25) is 6.41 Å². The number of phenols is 1. The number of carbonyl (C=O) groups is 3. The van der Waals surface area contributed by atoms with Crippen molar-refractivity contribution in [2.75, 3.05) is 6.61 Å². The lowest BCUT2D eigenvalue weighted by atomic mass is 10.0. The molecule has 1 amide bonds. The predicted octanol–water partition coefficient (Wildman–Crippen LogP) is 5.86. The molecule has 0 aliphatic rings. The van der Waals surface area contributed by atoms with E-state index in [0.29, 0.717) is 30.0 Å². The molecule has 1 aromatic heterocycles. The summed E-state index contributed by atoms with van der Waals surface area (Å²) in [7, 11) is 0. The Kier molecular flexibility index (Phi) is 10.0. The van der Waals surface area contributed by atoms with Crippen molar-refractivity contribution in [3.05, 3.63) is 76.9 Å². The highest BCUT2D eigenvalue weighted by Gasteiger charge is 2.22. The minimum atomic E-state index is -0.679. The molecule has 10 heteroatoms. The lowest BCUT2D eigenvalue weighted by Gasteiger charge is -2.26. The van der Waals surface area contributed by atoms with E-state index in [9.17, 15) is 19.5 Å². The van der Waals surface area contributed by atoms with Gasteiger partial charge in [0.15, 0.2) is 23.2 Å². The first-order valence-corrected chi connectivity index (χ1v) is 14.3. The number of aromatic nitrogens is 3. The summed E-state index contributed by atoms with van der Waals surface area (Å²) in [6.45, 7) is 11.0. The monoisotopic (exact) mass is 596 g/mol. The second kappa shape index (κ2) is 13.9. The number of carbonyl (C=O) groups excluding carboxylic acids is 3. The van der Waals surface area contributed by atoms with Crippen LogP contribution in [0.15, 0.2) is 54.6 Å². The van der Waals surface area contributed by atoms with Gasteiger partial charge in [-0.15, -0.1) is 0 Å². The van der Waals surface area contributed by atoms with Crippen LogP contribution in [0.3, 0.4) is 0 Å². The highest BCUT2D eigenvalue weighted by Crippen LogP contribution is 2.34. The molecule has 1 unspecified atom stereocenters. The van der Waals surface area contributed by atoms with Gasteiger partial charge >= 0.3 is 5.97 Å². The number of hydrogen-bond donors (Lipinski definition) is 1. The van der Waals surface area contributed by atoms with Gasteiger partial charge in [0.25, 0.3) is 0 Å². The molecule has 0 aliphatic carbocycles. The van der Waals surface area contributed by atoms with Gasteiger partial charge in [0.1, 0.15) is 30.6 Å². The first kappa shape index (κ1) is 31.8. The van der Waals surface area contributed by atoms with E-state index < -0.39 is 12.0 Å². The average molecular weight is 597 g/mol. The van der Waals surface area contributed by atoms with Crippen molar-refractivity contribution in [2.24, 2.45) is 0 Å². The largest absolute Gasteiger partial charge is 0.507 e. The molecule has 44 heavy (non-hydrogen) atoms. The van der Waals surface area contributed by atoms with Gasteiger partial charge in [-0.2, -0.15) is 5.06 Å². The Labute approximate surface area is 256 Å². The van der Waals surface area contributed by atoms with Crippen LogP contribution in [-0.4, -0.2) is 55.9 Å². The normalized spacial score (nSPS) is 11.5. The summed E-state index contributed by atoms with van der Waals surface area (Å²) in [5.41, 5.74) is 6.29. The Morgan fingerprint density at radius 3 is 1.82 bits per heavy atom. The summed E-state index contributed by atoms with van der Waals surface area (Å²) in [6.07, 6.45) is 0.529. The van der Waals surface area contributed by atoms with Crippen LogP contribution in [0, 0.1) is 27.7 Å². The summed E-state index contributed by atoms with van der Waals surface area (Å²) in [5.74, 6) is 0.219. The van der Waals surface area contributed by atoms with Gasteiger partial charge < -0.3 is 14.7 Å². The van der Waals surface area contributed by atoms with Crippen molar-refractivity contribution < 1.29 is 29.1 Å². The number of hydrogen-bond acceptors (Lipinski definition) is 9. The van der Waals surface area contributed by atoms with Gasteiger partial charge in [-0.3, -0.25) is 14.4 Å². The summed E-state index contributed by atoms with van der Waals surface area (Å²) < 4.78 is 5.14. The van der Waals surface area contributed by atoms with Crippen LogP contribution in [0.5, 0.6) is 11.5 Å². The van der Waals surface area contributed by atoms with Crippen LogP contribution in [0.25, 0.3) is 34.2 Å². The molecule has 1 heterocycles. The Bertz CT molecular complexity index is 1630. The fourth-order valence-corrected chi connectivity index (χ4v) is 4.74. The van der Waals surface area contributed by atoms with Gasteiger partial charge in [-0.1, -0.05) is 54.4 Å². The van der Waals surface area contributed by atoms with Crippen LogP contribution < -0.4 is 4.84 Å². The Hall–Kier alpha value is -5.12. The Morgan fingerprint density at radius 2 is 1.36 bits per heavy atom. The van der Waals surface area contributed by atoms with Crippen molar-refractivity contribution >= 4 is 18.2 Å². The highest BCUT2D eigenvalue weighted by atomic mass is 16.7. The zero-order valence-electron chi connectivity index (χ0n) is 25.7. The number of aryl methyl sites for hydroxylation is 4. The standard InChI is InChI=1S/C34H36N4O6/c1-7-25(18-43-31(42)16-24(6)40)38(19-39)44-26-10-13-29(30(41)17-26)34-36-32(27-11-8-20(2)14-22(27)4)35-33(37-34)28-12-9-21(3)15-23(28)5/h8-15,17,19,25,41H,7,16,18H2,1-6H3. The van der Waals surface area contributed by atoms with Crippen LogP contribution >= 0.6 is 0 Å². The number of Topliss-reactive ketones (excluding diaryl/α,β-unsaturated/α-hetero) is 1. The second-order valence-corrected chi connectivity index (χ2v) is 10.8. The van der Waals surface area contributed by atoms with Crippen molar-refractivity contribution in [2.45, 2.75) is 60.4 Å². The smallest absolute Gasteiger partial charge is 0.313 e. The molecule has 3 aromatic carbocycles. The van der Waals surface area contributed by atoms with Crippen molar-refractivity contribution in [1.82, 2.24) is 20.0 Å². The fourth-order valence-electron chi connectivity index (χ4n) is 4.74. The maximum absolute atomic E-state index is 11.9. The minimum Gasteiger partial charge on any atom is -0.507 e. The topological polar surface area (TPSA) is 132 Å². The third-order valence-electron chi connectivity index (χ3n) is 7.07. The molecule has 1 N–H and O–H groups in total. The average Bonchev–Trinajstić information content (AvgIpc) is 2.96. The zero-order valence-corrected chi connectivity index (χ0v) is 25.7. The number of esters is 1. The maximum Gasteiger partial charge on any atom is 0.313 e. The SMILES string of the molecule is CCC(COC(=O)CC(C)=O)N(C=O)Oc1ccc(-c2nc(-c3ccc(C)cc3C)nc(-c3ccc(C)cc3C)n2)c(O)c1. The molecule has 0 bridgehead atoms. The van der Waals surface area contributed by atoms with Gasteiger partial charge in [0.05, 0.1) is 5.56 Å². The molecule has 0 aliphatic heterocycles. The Balaban J connectivity index is 1.68. The minimum absolute atomic E-state index is 0.154. The van der Waals surface area contributed by atoms with Gasteiger partial charge in [0, 0.05) is 17.2 Å². The number of hydroxylamine groups is 2. The number of benzene rings is 3. The molecule has 0 radical (unpaired) electrons. The number of rotatable bonds is 12. The molecule has 4 rings (SSSR count). The van der Waals surface area contributed by atoms with E-state index >= 15 is 0 Å².